The molecule has 146 valence electrons. The van der Waals surface area contributed by atoms with Crippen LogP contribution in [-0.4, -0.2) is 24.4 Å². The smallest absolute Gasteiger partial charge is 0.336 e. The molecule has 2 aromatic rings. The zero-order valence-electron chi connectivity index (χ0n) is 14.1. The van der Waals surface area contributed by atoms with Crippen molar-refractivity contribution in [3.8, 4) is 0 Å². The van der Waals surface area contributed by atoms with Gasteiger partial charge in [0.05, 0.1) is 11.3 Å². The van der Waals surface area contributed by atoms with Crippen LogP contribution in [0, 0.1) is 11.7 Å². The van der Waals surface area contributed by atoms with Gasteiger partial charge in [0.15, 0.2) is 0 Å². The number of carbonyl (C=O) groups is 3. The van der Waals surface area contributed by atoms with Crippen molar-refractivity contribution >= 4 is 29.2 Å². The number of hydrogen-bond donors (Lipinski definition) is 2. The van der Waals surface area contributed by atoms with Crippen molar-refractivity contribution in [2.75, 3.05) is 16.8 Å². The Morgan fingerprint density at radius 2 is 1.79 bits per heavy atom. The zero-order valence-corrected chi connectivity index (χ0v) is 14.1. The molecule has 0 aliphatic carbocycles. The molecule has 0 saturated carbocycles. The average Bonchev–Trinajstić information content (AvgIpc) is 2.63. The normalized spacial score (nSPS) is 17.3. The van der Waals surface area contributed by atoms with E-state index in [1.54, 1.807) is 0 Å². The Bertz CT molecular complexity index is 928. The Balaban J connectivity index is 1.79. The molecule has 1 aliphatic heterocycles. The highest BCUT2D eigenvalue weighted by Crippen LogP contribution is 2.31. The molecular formula is C18H13F4N3O3. The van der Waals surface area contributed by atoms with E-state index < -0.39 is 41.3 Å². The Kier molecular flexibility index (Phi) is 5.04. The van der Waals surface area contributed by atoms with Gasteiger partial charge in [-0.3, -0.25) is 9.59 Å². The van der Waals surface area contributed by atoms with E-state index in [2.05, 4.69) is 10.6 Å². The fourth-order valence-corrected chi connectivity index (χ4v) is 2.65. The number of benzene rings is 2. The quantitative estimate of drug-likeness (QED) is 0.619. The Morgan fingerprint density at radius 3 is 2.43 bits per heavy atom. The van der Waals surface area contributed by atoms with Crippen LogP contribution in [-0.2, 0) is 15.8 Å². The number of halogens is 4. The fourth-order valence-electron chi connectivity index (χ4n) is 2.65. The van der Waals surface area contributed by atoms with Gasteiger partial charge in [-0.1, -0.05) is 6.07 Å². The average molecular weight is 395 g/mol. The first-order valence-corrected chi connectivity index (χ1v) is 8.02. The van der Waals surface area contributed by atoms with Crippen LogP contribution < -0.4 is 15.5 Å². The molecular weight excluding hydrogens is 382 g/mol. The van der Waals surface area contributed by atoms with E-state index in [1.165, 1.54) is 18.2 Å². The molecule has 1 aliphatic rings. The molecule has 1 unspecified atom stereocenters. The van der Waals surface area contributed by atoms with Crippen LogP contribution in [0.5, 0.6) is 0 Å². The predicted molar refractivity (Wildman–Crippen MR) is 90.8 cm³/mol. The van der Waals surface area contributed by atoms with Gasteiger partial charge < -0.3 is 10.6 Å². The SMILES string of the molecule is O=C(Nc1cccc(C(F)(F)F)c1)C1CNC(=O)N(c2ccc(F)cc2)C1=O. The number of imide groups is 1. The van der Waals surface area contributed by atoms with Crippen LogP contribution in [0.3, 0.4) is 0 Å². The molecule has 0 radical (unpaired) electrons. The van der Waals surface area contributed by atoms with Crippen molar-refractivity contribution < 1.29 is 31.9 Å². The van der Waals surface area contributed by atoms with Crippen molar-refractivity contribution in [2.24, 2.45) is 5.92 Å². The number of rotatable bonds is 3. The lowest BCUT2D eigenvalue weighted by molar-refractivity contribution is -0.137. The third-order valence-electron chi connectivity index (χ3n) is 4.04. The summed E-state index contributed by atoms with van der Waals surface area (Å²) < 4.78 is 51.4. The third-order valence-corrected chi connectivity index (χ3v) is 4.04. The maximum atomic E-state index is 13.1. The van der Waals surface area contributed by atoms with E-state index in [1.807, 2.05) is 0 Å². The van der Waals surface area contributed by atoms with E-state index in [0.29, 0.717) is 4.90 Å². The van der Waals surface area contributed by atoms with Crippen LogP contribution in [0.25, 0.3) is 0 Å². The topological polar surface area (TPSA) is 78.5 Å². The summed E-state index contributed by atoms with van der Waals surface area (Å²) in [7, 11) is 0. The molecule has 4 amide bonds. The highest BCUT2D eigenvalue weighted by atomic mass is 19.4. The summed E-state index contributed by atoms with van der Waals surface area (Å²) in [5.74, 6) is -3.69. The van der Waals surface area contributed by atoms with Gasteiger partial charge in [0, 0.05) is 12.2 Å². The summed E-state index contributed by atoms with van der Waals surface area (Å²) in [6, 6.07) is 7.63. The lowest BCUT2D eigenvalue weighted by Crippen LogP contribution is -2.58. The summed E-state index contributed by atoms with van der Waals surface area (Å²) in [5.41, 5.74) is -1.04. The van der Waals surface area contributed by atoms with Gasteiger partial charge in [-0.05, 0) is 42.5 Å². The number of alkyl halides is 3. The second-order valence-corrected chi connectivity index (χ2v) is 5.96. The lowest BCUT2D eigenvalue weighted by Gasteiger charge is -2.30. The second-order valence-electron chi connectivity index (χ2n) is 5.96. The van der Waals surface area contributed by atoms with Gasteiger partial charge in [0.2, 0.25) is 11.8 Å². The molecule has 0 bridgehead atoms. The highest BCUT2D eigenvalue weighted by molar-refractivity contribution is 6.23. The minimum absolute atomic E-state index is 0.0560. The second kappa shape index (κ2) is 7.29. The van der Waals surface area contributed by atoms with Crippen LogP contribution >= 0.6 is 0 Å². The van der Waals surface area contributed by atoms with Gasteiger partial charge in [0.25, 0.3) is 0 Å². The van der Waals surface area contributed by atoms with E-state index >= 15 is 0 Å². The molecule has 6 nitrogen and oxygen atoms in total. The van der Waals surface area contributed by atoms with Gasteiger partial charge >= 0.3 is 12.2 Å². The molecule has 0 spiro atoms. The summed E-state index contributed by atoms with van der Waals surface area (Å²) in [6.07, 6.45) is -4.59. The monoisotopic (exact) mass is 395 g/mol. The molecule has 1 saturated heterocycles. The molecule has 0 aromatic heterocycles. The molecule has 2 aromatic carbocycles. The van der Waals surface area contributed by atoms with Crippen LogP contribution in [0.1, 0.15) is 5.56 Å². The number of urea groups is 1. The predicted octanol–water partition coefficient (Wildman–Crippen LogP) is 3.16. The zero-order chi connectivity index (χ0) is 20.5. The first-order chi connectivity index (χ1) is 13.2. The third kappa shape index (κ3) is 3.95. The van der Waals surface area contributed by atoms with Crippen LogP contribution in [0.15, 0.2) is 48.5 Å². The molecule has 28 heavy (non-hydrogen) atoms. The van der Waals surface area contributed by atoms with Crippen molar-refractivity contribution in [2.45, 2.75) is 6.18 Å². The Labute approximate surface area is 156 Å². The molecule has 3 rings (SSSR count). The first-order valence-electron chi connectivity index (χ1n) is 8.02. The summed E-state index contributed by atoms with van der Waals surface area (Å²) in [4.78, 5) is 37.7. The maximum absolute atomic E-state index is 13.1. The lowest BCUT2D eigenvalue weighted by atomic mass is 10.0. The van der Waals surface area contributed by atoms with E-state index in [-0.39, 0.29) is 17.9 Å². The largest absolute Gasteiger partial charge is 0.416 e. The Hall–Kier alpha value is -3.43. The highest BCUT2D eigenvalue weighted by Gasteiger charge is 2.39. The minimum Gasteiger partial charge on any atom is -0.336 e. The summed E-state index contributed by atoms with van der Waals surface area (Å²) in [5, 5.41) is 4.61. The van der Waals surface area contributed by atoms with Crippen LogP contribution in [0.2, 0.25) is 0 Å². The van der Waals surface area contributed by atoms with Crippen molar-refractivity contribution in [3.63, 3.8) is 0 Å². The standard InChI is InChI=1S/C18H13F4N3O3/c19-11-4-6-13(7-5-11)25-16(27)14(9-23-17(25)28)15(26)24-12-3-1-2-10(8-12)18(20,21)22/h1-8,14H,9H2,(H,23,28)(H,24,26). The van der Waals surface area contributed by atoms with Crippen molar-refractivity contribution in [1.82, 2.24) is 5.32 Å². The minimum atomic E-state index is -4.59. The summed E-state index contributed by atoms with van der Waals surface area (Å²) in [6.45, 7) is -0.319. The number of carbonyl (C=O) groups excluding carboxylic acids is 3. The van der Waals surface area contributed by atoms with Gasteiger partial charge in [-0.2, -0.15) is 13.2 Å². The number of amides is 4. The Morgan fingerprint density at radius 1 is 1.11 bits per heavy atom. The number of hydrogen-bond acceptors (Lipinski definition) is 3. The molecule has 1 heterocycles. The van der Waals surface area contributed by atoms with Gasteiger partial charge in [-0.25, -0.2) is 14.1 Å². The van der Waals surface area contributed by atoms with Gasteiger partial charge in [-0.15, -0.1) is 0 Å². The van der Waals surface area contributed by atoms with Crippen molar-refractivity contribution in [1.29, 1.82) is 0 Å². The molecule has 10 heteroatoms. The number of anilines is 2. The fraction of sp³-hybridized carbons (Fsp3) is 0.167. The molecule has 2 N–H and O–H groups in total. The van der Waals surface area contributed by atoms with E-state index in [4.69, 9.17) is 0 Å². The molecule has 1 atom stereocenters. The number of nitrogens with one attached hydrogen (secondary N) is 2. The van der Waals surface area contributed by atoms with Crippen LogP contribution in [0.4, 0.5) is 33.7 Å². The molecule has 1 fully saturated rings. The first kappa shape index (κ1) is 19.3. The number of nitrogens with zero attached hydrogens (tertiary/aromatic N) is 1. The van der Waals surface area contributed by atoms with Crippen molar-refractivity contribution in [3.05, 3.63) is 59.9 Å². The van der Waals surface area contributed by atoms with E-state index in [9.17, 15) is 31.9 Å². The maximum Gasteiger partial charge on any atom is 0.416 e. The van der Waals surface area contributed by atoms with E-state index in [0.717, 1.165) is 30.3 Å². The van der Waals surface area contributed by atoms with Gasteiger partial charge in [0.1, 0.15) is 11.7 Å². The summed E-state index contributed by atoms with van der Waals surface area (Å²) >= 11 is 0.